The van der Waals surface area contributed by atoms with Crippen molar-refractivity contribution in [3.63, 3.8) is 0 Å². The molecule has 0 bridgehead atoms. The third-order valence-corrected chi connectivity index (χ3v) is 4.48. The van der Waals surface area contributed by atoms with Crippen molar-refractivity contribution in [3.8, 4) is 11.5 Å². The van der Waals surface area contributed by atoms with Crippen LogP contribution >= 0.6 is 11.6 Å². The molecule has 156 valence electrons. The first-order chi connectivity index (χ1) is 14.0. The number of hydrogen-bond acceptors (Lipinski definition) is 5. The summed E-state index contributed by atoms with van der Waals surface area (Å²) < 4.78 is 15.8. The second-order valence-electron chi connectivity index (χ2n) is 6.32. The zero-order chi connectivity index (χ0) is 21.2. The number of rotatable bonds is 10. The van der Waals surface area contributed by atoms with E-state index in [1.165, 1.54) is 19.2 Å². The highest BCUT2D eigenvalue weighted by Crippen LogP contribution is 2.36. The van der Waals surface area contributed by atoms with E-state index in [4.69, 9.17) is 25.8 Å². The number of carbonyl (C=O) groups is 2. The van der Waals surface area contributed by atoms with Crippen molar-refractivity contribution >= 4 is 23.5 Å². The summed E-state index contributed by atoms with van der Waals surface area (Å²) in [5.74, 6) is -0.362. The highest BCUT2D eigenvalue weighted by molar-refractivity contribution is 6.32. The highest BCUT2D eigenvalue weighted by atomic mass is 35.5. The quantitative estimate of drug-likeness (QED) is 0.571. The molecule has 0 aliphatic carbocycles. The first-order valence-electron chi connectivity index (χ1n) is 9.51. The number of methoxy groups -OCH3 is 1. The number of carbonyl (C=O) groups excluding carboxylic acids is 2. The SMILES string of the molecule is CCC[C@H](NC(=O)COC(=O)c1cc(Cl)c(OCC)c(OC)c1)c1ccccc1. The molecule has 29 heavy (non-hydrogen) atoms. The van der Waals surface area contributed by atoms with E-state index in [1.54, 1.807) is 0 Å². The summed E-state index contributed by atoms with van der Waals surface area (Å²) in [7, 11) is 1.45. The summed E-state index contributed by atoms with van der Waals surface area (Å²) >= 11 is 6.18. The molecule has 0 saturated carbocycles. The average molecular weight is 420 g/mol. The maximum atomic E-state index is 12.4. The fourth-order valence-corrected chi connectivity index (χ4v) is 3.13. The van der Waals surface area contributed by atoms with Crippen molar-refractivity contribution in [3.05, 3.63) is 58.6 Å². The van der Waals surface area contributed by atoms with Gasteiger partial charge in [-0.1, -0.05) is 55.3 Å². The maximum absolute atomic E-state index is 12.4. The lowest BCUT2D eigenvalue weighted by Crippen LogP contribution is -2.32. The van der Waals surface area contributed by atoms with Crippen molar-refractivity contribution in [2.45, 2.75) is 32.7 Å². The molecular weight excluding hydrogens is 394 g/mol. The second-order valence-corrected chi connectivity index (χ2v) is 6.73. The van der Waals surface area contributed by atoms with Crippen LogP contribution in [0.4, 0.5) is 0 Å². The van der Waals surface area contributed by atoms with Crippen LogP contribution in [0.2, 0.25) is 5.02 Å². The lowest BCUT2D eigenvalue weighted by Gasteiger charge is -2.18. The van der Waals surface area contributed by atoms with Crippen molar-refractivity contribution in [1.29, 1.82) is 0 Å². The van der Waals surface area contributed by atoms with Crippen molar-refractivity contribution in [1.82, 2.24) is 5.32 Å². The minimum Gasteiger partial charge on any atom is -0.493 e. The van der Waals surface area contributed by atoms with E-state index in [0.717, 1.165) is 18.4 Å². The fourth-order valence-electron chi connectivity index (χ4n) is 2.87. The number of benzene rings is 2. The van der Waals surface area contributed by atoms with Crippen LogP contribution in [0.1, 0.15) is 48.7 Å². The summed E-state index contributed by atoms with van der Waals surface area (Å²) in [4.78, 5) is 24.7. The molecule has 0 aromatic heterocycles. The second kappa shape index (κ2) is 11.3. The van der Waals surface area contributed by atoms with Crippen LogP contribution in [0.5, 0.6) is 11.5 Å². The lowest BCUT2D eigenvalue weighted by molar-refractivity contribution is -0.125. The standard InChI is InChI=1S/C22H26ClNO5/c1-4-9-18(15-10-7-6-8-11-15)24-20(25)14-29-22(26)16-12-17(23)21(28-5-2)19(13-16)27-3/h6-8,10-13,18H,4-5,9,14H2,1-3H3,(H,24,25)/t18-/m0/s1. The van der Waals surface area contributed by atoms with Crippen LogP contribution in [0, 0.1) is 0 Å². The van der Waals surface area contributed by atoms with Crippen LogP contribution in [0.3, 0.4) is 0 Å². The number of ether oxygens (including phenoxy) is 3. The smallest absolute Gasteiger partial charge is 0.338 e. The third kappa shape index (κ3) is 6.39. The van der Waals surface area contributed by atoms with Gasteiger partial charge >= 0.3 is 5.97 Å². The molecule has 2 rings (SSSR count). The van der Waals surface area contributed by atoms with Gasteiger partial charge in [-0.2, -0.15) is 0 Å². The molecule has 0 unspecified atom stereocenters. The first-order valence-corrected chi connectivity index (χ1v) is 9.89. The van der Waals surface area contributed by atoms with Gasteiger partial charge in [0.1, 0.15) is 0 Å². The molecular formula is C22H26ClNO5. The van der Waals surface area contributed by atoms with Gasteiger partial charge in [-0.15, -0.1) is 0 Å². The molecule has 0 radical (unpaired) electrons. The average Bonchev–Trinajstić information content (AvgIpc) is 2.73. The van der Waals surface area contributed by atoms with E-state index < -0.39 is 5.97 Å². The zero-order valence-electron chi connectivity index (χ0n) is 16.9. The van der Waals surface area contributed by atoms with Gasteiger partial charge in [0.15, 0.2) is 18.1 Å². The Bertz CT molecular complexity index is 825. The highest BCUT2D eigenvalue weighted by Gasteiger charge is 2.19. The molecule has 0 spiro atoms. The molecule has 1 atom stereocenters. The molecule has 1 N–H and O–H groups in total. The van der Waals surface area contributed by atoms with Gasteiger partial charge in [0.25, 0.3) is 5.91 Å². The van der Waals surface area contributed by atoms with E-state index in [0.29, 0.717) is 18.1 Å². The molecule has 0 aliphatic rings. The Morgan fingerprint density at radius 3 is 2.48 bits per heavy atom. The minimum atomic E-state index is -0.671. The van der Waals surface area contributed by atoms with Gasteiger partial charge < -0.3 is 19.5 Å². The number of hydrogen-bond donors (Lipinski definition) is 1. The number of esters is 1. The van der Waals surface area contributed by atoms with Gasteiger partial charge in [-0.05, 0) is 31.0 Å². The molecule has 1 amide bonds. The molecule has 7 heteroatoms. The van der Waals surface area contributed by atoms with Crippen molar-refractivity contribution < 1.29 is 23.8 Å². The summed E-state index contributed by atoms with van der Waals surface area (Å²) in [5.41, 5.74) is 1.19. The Morgan fingerprint density at radius 1 is 1.14 bits per heavy atom. The largest absolute Gasteiger partial charge is 0.493 e. The molecule has 0 aliphatic heterocycles. The van der Waals surface area contributed by atoms with Crippen LogP contribution in [-0.2, 0) is 9.53 Å². The molecule has 6 nitrogen and oxygen atoms in total. The normalized spacial score (nSPS) is 11.4. The fraction of sp³-hybridized carbons (Fsp3) is 0.364. The summed E-state index contributed by atoms with van der Waals surface area (Å²) in [6.07, 6.45) is 1.69. The number of halogens is 1. The van der Waals surface area contributed by atoms with E-state index >= 15 is 0 Å². The summed E-state index contributed by atoms with van der Waals surface area (Å²) in [6.45, 7) is 3.88. The topological polar surface area (TPSA) is 73.9 Å². The minimum absolute atomic E-state index is 0.132. The van der Waals surface area contributed by atoms with Crippen LogP contribution in [0.15, 0.2) is 42.5 Å². The van der Waals surface area contributed by atoms with Crippen LogP contribution in [-0.4, -0.2) is 32.2 Å². The Morgan fingerprint density at radius 2 is 1.86 bits per heavy atom. The van der Waals surface area contributed by atoms with Crippen LogP contribution < -0.4 is 14.8 Å². The van der Waals surface area contributed by atoms with Crippen molar-refractivity contribution in [2.75, 3.05) is 20.3 Å². The zero-order valence-corrected chi connectivity index (χ0v) is 17.6. The van der Waals surface area contributed by atoms with E-state index in [9.17, 15) is 9.59 Å². The molecule has 0 fully saturated rings. The van der Waals surface area contributed by atoms with Gasteiger partial charge in [-0.25, -0.2) is 4.79 Å². The van der Waals surface area contributed by atoms with Crippen LogP contribution in [0.25, 0.3) is 0 Å². The predicted molar refractivity (Wildman–Crippen MR) is 112 cm³/mol. The predicted octanol–water partition coefficient (Wildman–Crippen LogP) is 4.56. The van der Waals surface area contributed by atoms with Crippen molar-refractivity contribution in [2.24, 2.45) is 0 Å². The Labute approximate surface area is 176 Å². The Hall–Kier alpha value is -2.73. The first kappa shape index (κ1) is 22.6. The molecule has 2 aromatic rings. The van der Waals surface area contributed by atoms with E-state index in [-0.39, 0.29) is 29.1 Å². The monoisotopic (exact) mass is 419 g/mol. The third-order valence-electron chi connectivity index (χ3n) is 4.20. The van der Waals surface area contributed by atoms with E-state index in [2.05, 4.69) is 5.32 Å². The van der Waals surface area contributed by atoms with Gasteiger partial charge in [0, 0.05) is 0 Å². The van der Waals surface area contributed by atoms with Gasteiger partial charge in [0.05, 0.1) is 30.3 Å². The Kier molecular flexibility index (Phi) is 8.80. The maximum Gasteiger partial charge on any atom is 0.338 e. The summed E-state index contributed by atoms with van der Waals surface area (Å²) in [5, 5.41) is 3.15. The molecule has 0 heterocycles. The Balaban J connectivity index is 2.00. The lowest BCUT2D eigenvalue weighted by atomic mass is 10.0. The van der Waals surface area contributed by atoms with Gasteiger partial charge in [-0.3, -0.25) is 4.79 Å². The van der Waals surface area contributed by atoms with E-state index in [1.807, 2.05) is 44.2 Å². The van der Waals surface area contributed by atoms with Gasteiger partial charge in [0.2, 0.25) is 0 Å². The summed E-state index contributed by atoms with van der Waals surface area (Å²) in [6, 6.07) is 12.5. The number of amides is 1. The molecule has 2 aromatic carbocycles. The molecule has 0 saturated heterocycles. The number of nitrogens with one attached hydrogen (secondary N) is 1.